The minimum absolute atomic E-state index is 0.0529. The maximum Gasteiger partial charge on any atom is 0.241 e. The average Bonchev–Trinajstić information content (AvgIpc) is 2.47. The number of anilines is 1. The summed E-state index contributed by atoms with van der Waals surface area (Å²) in [6.45, 7) is 1.74. The van der Waals surface area contributed by atoms with E-state index in [1.807, 2.05) is 0 Å². The Balaban J connectivity index is 2.21. The molecule has 22 heavy (non-hydrogen) atoms. The highest BCUT2D eigenvalue weighted by atomic mass is 35.5. The molecule has 0 aliphatic rings. The van der Waals surface area contributed by atoms with Gasteiger partial charge < -0.3 is 5.32 Å². The summed E-state index contributed by atoms with van der Waals surface area (Å²) >= 11 is 6.01. The lowest BCUT2D eigenvalue weighted by atomic mass is 10.1. The van der Waals surface area contributed by atoms with E-state index in [-0.39, 0.29) is 4.90 Å². The summed E-state index contributed by atoms with van der Waals surface area (Å²) in [5.74, 6) is 0.00348. The zero-order chi connectivity index (χ0) is 16.3. The molecule has 0 radical (unpaired) electrons. The van der Waals surface area contributed by atoms with Gasteiger partial charge in [0.15, 0.2) is 0 Å². The van der Waals surface area contributed by atoms with Gasteiger partial charge in [-0.2, -0.15) is 0 Å². The number of halogens is 2. The van der Waals surface area contributed by atoms with Gasteiger partial charge in [0.05, 0.1) is 6.04 Å². The smallest absolute Gasteiger partial charge is 0.241 e. The zero-order valence-electron chi connectivity index (χ0n) is 12.0. The number of benzene rings is 1. The van der Waals surface area contributed by atoms with Crippen molar-refractivity contribution in [2.75, 3.05) is 12.4 Å². The third-order valence-electron chi connectivity index (χ3n) is 3.11. The Morgan fingerprint density at radius 2 is 2.00 bits per heavy atom. The summed E-state index contributed by atoms with van der Waals surface area (Å²) in [6.07, 6.45) is 1.23. The van der Waals surface area contributed by atoms with E-state index in [1.54, 1.807) is 13.0 Å². The second-order valence-corrected chi connectivity index (χ2v) is 6.88. The minimum Gasteiger partial charge on any atom is -0.363 e. The van der Waals surface area contributed by atoms with Crippen molar-refractivity contribution in [1.29, 1.82) is 0 Å². The second kappa shape index (κ2) is 6.60. The van der Waals surface area contributed by atoms with Crippen LogP contribution in [0.2, 0.25) is 5.02 Å². The largest absolute Gasteiger partial charge is 0.363 e. The summed E-state index contributed by atoms with van der Waals surface area (Å²) < 4.78 is 39.3. The van der Waals surface area contributed by atoms with Gasteiger partial charge in [-0.05, 0) is 38.2 Å². The van der Waals surface area contributed by atoms with E-state index in [2.05, 4.69) is 15.0 Å². The Kier molecular flexibility index (Phi) is 5.00. The first-order valence-electron chi connectivity index (χ1n) is 6.45. The van der Waals surface area contributed by atoms with E-state index >= 15 is 0 Å². The molecular weight excluding hydrogens is 329 g/mol. The number of nitrogens with zero attached hydrogens (tertiary/aromatic N) is 1. The molecule has 118 valence electrons. The maximum absolute atomic E-state index is 13.8. The first kappa shape index (κ1) is 16.7. The fourth-order valence-corrected chi connectivity index (χ4v) is 2.96. The van der Waals surface area contributed by atoms with E-state index < -0.39 is 21.9 Å². The van der Waals surface area contributed by atoms with Gasteiger partial charge in [-0.15, -0.1) is 0 Å². The van der Waals surface area contributed by atoms with Crippen LogP contribution in [0.1, 0.15) is 18.5 Å². The van der Waals surface area contributed by atoms with Crippen molar-refractivity contribution in [3.63, 3.8) is 0 Å². The molecule has 2 aromatic rings. The number of hydrogen-bond donors (Lipinski definition) is 2. The first-order valence-corrected chi connectivity index (χ1v) is 8.31. The van der Waals surface area contributed by atoms with Crippen molar-refractivity contribution in [2.24, 2.45) is 0 Å². The molecule has 0 fully saturated rings. The third kappa shape index (κ3) is 3.55. The lowest BCUT2D eigenvalue weighted by Crippen LogP contribution is -2.19. The number of sulfonamides is 1. The number of nitrogens with one attached hydrogen (secondary N) is 2. The quantitative estimate of drug-likeness (QED) is 0.875. The molecule has 0 aliphatic carbocycles. The lowest BCUT2D eigenvalue weighted by molar-refractivity contribution is 0.588. The van der Waals surface area contributed by atoms with Crippen molar-refractivity contribution in [2.45, 2.75) is 17.9 Å². The van der Waals surface area contributed by atoms with Crippen LogP contribution in [0.3, 0.4) is 0 Å². The van der Waals surface area contributed by atoms with Crippen molar-refractivity contribution < 1.29 is 12.8 Å². The van der Waals surface area contributed by atoms with Crippen LogP contribution in [-0.4, -0.2) is 20.4 Å². The normalized spacial score (nSPS) is 12.9. The molecule has 2 N–H and O–H groups in total. The predicted molar refractivity (Wildman–Crippen MR) is 83.9 cm³/mol. The van der Waals surface area contributed by atoms with Crippen molar-refractivity contribution >= 4 is 27.4 Å². The Hall–Kier alpha value is -1.70. The Morgan fingerprint density at radius 3 is 2.55 bits per heavy atom. The van der Waals surface area contributed by atoms with Gasteiger partial charge in [-0.1, -0.05) is 17.7 Å². The Bertz CT molecular complexity index is 746. The average molecular weight is 344 g/mol. The van der Waals surface area contributed by atoms with Crippen LogP contribution in [0.5, 0.6) is 0 Å². The van der Waals surface area contributed by atoms with E-state index in [9.17, 15) is 12.8 Å². The van der Waals surface area contributed by atoms with Crippen LogP contribution in [-0.2, 0) is 10.0 Å². The van der Waals surface area contributed by atoms with Crippen molar-refractivity contribution in [3.8, 4) is 0 Å². The summed E-state index contributed by atoms with van der Waals surface area (Å²) in [6, 6.07) is 6.97. The van der Waals surface area contributed by atoms with E-state index in [0.29, 0.717) is 16.4 Å². The first-order chi connectivity index (χ1) is 10.3. The summed E-state index contributed by atoms with van der Waals surface area (Å²) in [7, 11) is -2.21. The highest BCUT2D eigenvalue weighted by Crippen LogP contribution is 2.27. The topological polar surface area (TPSA) is 71.1 Å². The standard InChI is InChI=1S/C14H15ClFN3O2S/c1-9(14-11(15)4-3-5-12(14)16)19-13-7-6-10(8-18-13)22(20,21)17-2/h3-9,17H,1-2H3,(H,18,19). The summed E-state index contributed by atoms with van der Waals surface area (Å²) in [5.41, 5.74) is 0.331. The lowest BCUT2D eigenvalue weighted by Gasteiger charge is -2.17. The molecule has 8 heteroatoms. The Labute approximate surface area is 133 Å². The van der Waals surface area contributed by atoms with E-state index in [0.717, 1.165) is 0 Å². The van der Waals surface area contributed by atoms with Crippen LogP contribution in [0, 0.1) is 5.82 Å². The molecule has 5 nitrogen and oxygen atoms in total. The molecule has 1 aromatic heterocycles. The molecule has 1 unspecified atom stereocenters. The van der Waals surface area contributed by atoms with Crippen molar-refractivity contribution in [3.05, 3.63) is 52.9 Å². The molecule has 1 heterocycles. The molecule has 1 atom stereocenters. The van der Waals surface area contributed by atoms with Gasteiger partial charge >= 0.3 is 0 Å². The number of pyridine rings is 1. The molecule has 0 saturated heterocycles. The van der Waals surface area contributed by atoms with Gasteiger partial charge in [0.2, 0.25) is 10.0 Å². The van der Waals surface area contributed by atoms with Crippen molar-refractivity contribution in [1.82, 2.24) is 9.71 Å². The predicted octanol–water partition coefficient (Wildman–Crippen LogP) is 2.96. The monoisotopic (exact) mass is 343 g/mol. The maximum atomic E-state index is 13.8. The number of rotatable bonds is 5. The van der Waals surface area contributed by atoms with Crippen LogP contribution in [0.25, 0.3) is 0 Å². The van der Waals surface area contributed by atoms with Gasteiger partial charge in [0.1, 0.15) is 16.5 Å². The third-order valence-corrected chi connectivity index (χ3v) is 4.84. The minimum atomic E-state index is -3.53. The van der Waals surface area contributed by atoms with Crippen LogP contribution in [0.4, 0.5) is 10.2 Å². The molecule has 2 rings (SSSR count). The second-order valence-electron chi connectivity index (χ2n) is 4.59. The highest BCUT2D eigenvalue weighted by Gasteiger charge is 2.16. The molecule has 0 bridgehead atoms. The van der Waals surface area contributed by atoms with Crippen LogP contribution >= 0.6 is 11.6 Å². The van der Waals surface area contributed by atoms with Gasteiger partial charge in [-0.3, -0.25) is 0 Å². The van der Waals surface area contributed by atoms with Crippen LogP contribution in [0.15, 0.2) is 41.4 Å². The molecule has 0 saturated carbocycles. The van der Waals surface area contributed by atoms with Gasteiger partial charge in [0.25, 0.3) is 0 Å². The fourth-order valence-electron chi connectivity index (χ4n) is 1.96. The highest BCUT2D eigenvalue weighted by molar-refractivity contribution is 7.89. The zero-order valence-corrected chi connectivity index (χ0v) is 13.5. The van der Waals surface area contributed by atoms with E-state index in [1.165, 1.54) is 37.5 Å². The van der Waals surface area contributed by atoms with E-state index in [4.69, 9.17) is 11.6 Å². The molecule has 0 spiro atoms. The number of hydrogen-bond acceptors (Lipinski definition) is 4. The van der Waals surface area contributed by atoms with Crippen LogP contribution < -0.4 is 10.0 Å². The molecule has 0 amide bonds. The fraction of sp³-hybridized carbons (Fsp3) is 0.214. The van der Waals surface area contributed by atoms with Gasteiger partial charge in [0, 0.05) is 16.8 Å². The molecular formula is C14H15ClFN3O2S. The molecule has 0 aliphatic heterocycles. The van der Waals surface area contributed by atoms with Gasteiger partial charge in [-0.25, -0.2) is 22.5 Å². The Morgan fingerprint density at radius 1 is 1.27 bits per heavy atom. The summed E-state index contributed by atoms with van der Waals surface area (Å²) in [4.78, 5) is 4.07. The summed E-state index contributed by atoms with van der Waals surface area (Å²) in [5, 5.41) is 3.30. The number of aromatic nitrogens is 1. The SMILES string of the molecule is CNS(=O)(=O)c1ccc(NC(C)c2c(F)cccc2Cl)nc1. The molecule has 1 aromatic carbocycles.